The highest BCUT2D eigenvalue weighted by molar-refractivity contribution is 6.06. The van der Waals surface area contributed by atoms with Gasteiger partial charge < -0.3 is 24.2 Å². The van der Waals surface area contributed by atoms with Crippen molar-refractivity contribution in [1.82, 2.24) is 9.78 Å². The third kappa shape index (κ3) is 5.19. The Hall–Kier alpha value is -5.14. The van der Waals surface area contributed by atoms with Crippen LogP contribution in [0.5, 0.6) is 17.2 Å². The van der Waals surface area contributed by atoms with E-state index in [9.17, 15) is 31.5 Å². The molecule has 1 aliphatic heterocycles. The van der Waals surface area contributed by atoms with E-state index in [1.807, 2.05) is 0 Å². The quantitative estimate of drug-likeness (QED) is 0.261. The van der Waals surface area contributed by atoms with E-state index in [4.69, 9.17) is 9.84 Å². The van der Waals surface area contributed by atoms with E-state index in [1.54, 1.807) is 0 Å². The molecule has 0 fully saturated rings. The maximum Gasteiger partial charge on any atom is 0.586 e. The highest BCUT2D eigenvalue weighted by atomic mass is 19.4. The first-order chi connectivity index (χ1) is 20.3. The normalized spacial score (nSPS) is 16.6. The number of hydrogen-bond donors (Lipinski definition) is 1. The predicted molar refractivity (Wildman–Crippen MR) is 139 cm³/mol. The average molecular weight is 601 g/mol. The minimum atomic E-state index is -4.75. The highest BCUT2D eigenvalue weighted by Gasteiger charge is 2.45. The van der Waals surface area contributed by atoms with Gasteiger partial charge in [-0.2, -0.15) is 18.3 Å². The van der Waals surface area contributed by atoms with Gasteiger partial charge in [-0.05, 0) is 67.4 Å². The largest absolute Gasteiger partial charge is 0.586 e. The standard InChI is InChI=1S/C29H20F5N3O6/c1-36(17-7-11-21-23(14-17)43-29(33,34)42-21)26(38)16-3-2-4-18(13-16)37-24-20(25(35-37)28(30,31)32)10-12-22(24)41-19-8-5-15(6-9-19)27(39)40/h2-9,11,13-14,22H,10,12H2,1H3,(H,39,40). The average Bonchev–Trinajstić information content (AvgIpc) is 3.63. The van der Waals surface area contributed by atoms with Crippen LogP contribution in [-0.4, -0.2) is 40.1 Å². The summed E-state index contributed by atoms with van der Waals surface area (Å²) in [4.78, 5) is 25.7. The molecule has 14 heteroatoms. The molecule has 4 aromatic rings. The van der Waals surface area contributed by atoms with Gasteiger partial charge in [-0.1, -0.05) is 6.07 Å². The number of halogens is 5. The summed E-state index contributed by atoms with van der Waals surface area (Å²) in [5.41, 5.74) is -0.476. The summed E-state index contributed by atoms with van der Waals surface area (Å²) in [5, 5.41) is 13.0. The van der Waals surface area contributed by atoms with Crippen LogP contribution in [0.25, 0.3) is 5.69 Å². The number of rotatable bonds is 6. The van der Waals surface area contributed by atoms with Crippen molar-refractivity contribution in [2.75, 3.05) is 11.9 Å². The molecule has 3 aromatic carbocycles. The van der Waals surface area contributed by atoms with Crippen molar-refractivity contribution in [3.63, 3.8) is 0 Å². The molecule has 0 spiro atoms. The van der Waals surface area contributed by atoms with Gasteiger partial charge in [-0.25, -0.2) is 9.48 Å². The molecule has 0 bridgehead atoms. The summed E-state index contributed by atoms with van der Waals surface area (Å²) in [7, 11) is 1.40. The lowest BCUT2D eigenvalue weighted by Gasteiger charge is -2.19. The number of aromatic carboxylic acids is 1. The molecule has 0 saturated carbocycles. The SMILES string of the molecule is CN(C(=O)c1cccc(-n2nc(C(F)(F)F)c3c2C(Oc2ccc(C(=O)O)cc2)CC3)c1)c1ccc2c(c1)OC(F)(F)O2. The molecule has 43 heavy (non-hydrogen) atoms. The van der Waals surface area contributed by atoms with Crippen molar-refractivity contribution < 1.29 is 50.9 Å². The number of anilines is 1. The molecule has 2 heterocycles. The van der Waals surface area contributed by atoms with Crippen LogP contribution in [0.3, 0.4) is 0 Å². The van der Waals surface area contributed by atoms with E-state index < -0.39 is 36.1 Å². The summed E-state index contributed by atoms with van der Waals surface area (Å²) in [6.07, 6.45) is -9.19. The van der Waals surface area contributed by atoms with Crippen molar-refractivity contribution in [3.05, 3.63) is 94.8 Å². The number of amides is 1. The van der Waals surface area contributed by atoms with Crippen LogP contribution in [0.15, 0.2) is 66.7 Å². The number of nitrogens with zero attached hydrogens (tertiary/aromatic N) is 3. The van der Waals surface area contributed by atoms with E-state index in [0.717, 1.165) is 4.68 Å². The van der Waals surface area contributed by atoms with Crippen molar-refractivity contribution in [2.24, 2.45) is 0 Å². The molecule has 0 radical (unpaired) electrons. The monoisotopic (exact) mass is 601 g/mol. The van der Waals surface area contributed by atoms with Gasteiger partial charge >= 0.3 is 18.4 Å². The number of carbonyl (C=O) groups is 2. The first-order valence-corrected chi connectivity index (χ1v) is 12.8. The number of alkyl halides is 5. The van der Waals surface area contributed by atoms with Crippen LogP contribution >= 0.6 is 0 Å². The number of ether oxygens (including phenoxy) is 3. The molecular formula is C29H20F5N3O6. The van der Waals surface area contributed by atoms with E-state index in [2.05, 4.69) is 14.6 Å². The Morgan fingerprint density at radius 1 is 1.02 bits per heavy atom. The molecule has 1 N–H and O–H groups in total. The number of carboxylic acid groups (broad SMARTS) is 1. The molecule has 1 atom stereocenters. The number of carbonyl (C=O) groups excluding carboxylic acids is 1. The Bertz CT molecular complexity index is 1750. The number of benzene rings is 3. The van der Waals surface area contributed by atoms with Crippen LogP contribution in [0.1, 0.15) is 50.2 Å². The fourth-order valence-electron chi connectivity index (χ4n) is 5.06. The first-order valence-electron chi connectivity index (χ1n) is 12.8. The summed E-state index contributed by atoms with van der Waals surface area (Å²) < 4.78 is 84.7. The van der Waals surface area contributed by atoms with Gasteiger partial charge in [0.1, 0.15) is 11.9 Å². The van der Waals surface area contributed by atoms with Crippen molar-refractivity contribution in [2.45, 2.75) is 31.4 Å². The molecule has 1 aromatic heterocycles. The van der Waals surface area contributed by atoms with Crippen molar-refractivity contribution in [3.8, 4) is 22.9 Å². The van der Waals surface area contributed by atoms with Crippen LogP contribution in [0, 0.1) is 0 Å². The van der Waals surface area contributed by atoms with Gasteiger partial charge in [-0.15, -0.1) is 8.78 Å². The molecule has 0 saturated heterocycles. The molecule has 2 aliphatic rings. The summed E-state index contributed by atoms with van der Waals surface area (Å²) in [6.45, 7) is 0. The second-order valence-electron chi connectivity index (χ2n) is 9.81. The minimum absolute atomic E-state index is 0.0222. The first kappa shape index (κ1) is 28.0. The molecule has 1 unspecified atom stereocenters. The summed E-state index contributed by atoms with van der Waals surface area (Å²) in [6, 6.07) is 15.1. The van der Waals surface area contributed by atoms with Crippen molar-refractivity contribution >= 4 is 17.6 Å². The third-order valence-corrected chi connectivity index (χ3v) is 7.05. The van der Waals surface area contributed by atoms with E-state index >= 15 is 0 Å². The predicted octanol–water partition coefficient (Wildman–Crippen LogP) is 6.25. The van der Waals surface area contributed by atoms with Crippen LogP contribution in [-0.2, 0) is 12.6 Å². The number of fused-ring (bicyclic) bond motifs is 2. The molecule has 6 rings (SSSR count). The van der Waals surface area contributed by atoms with Gasteiger partial charge in [0.15, 0.2) is 17.2 Å². The maximum atomic E-state index is 14.0. The Morgan fingerprint density at radius 2 is 1.74 bits per heavy atom. The molecular weight excluding hydrogens is 581 g/mol. The zero-order valence-corrected chi connectivity index (χ0v) is 22.1. The molecule has 1 aliphatic carbocycles. The molecule has 9 nitrogen and oxygen atoms in total. The topological polar surface area (TPSA) is 103 Å². The summed E-state index contributed by atoms with van der Waals surface area (Å²) in [5.74, 6) is -1.91. The second kappa shape index (κ2) is 10.00. The Balaban J connectivity index is 1.32. The number of hydrogen-bond acceptors (Lipinski definition) is 6. The van der Waals surface area contributed by atoms with Gasteiger partial charge in [0.05, 0.1) is 16.9 Å². The third-order valence-electron chi connectivity index (χ3n) is 7.05. The fourth-order valence-corrected chi connectivity index (χ4v) is 5.06. The van der Waals surface area contributed by atoms with Gasteiger partial charge in [0.25, 0.3) is 5.91 Å². The zero-order valence-electron chi connectivity index (χ0n) is 22.1. The summed E-state index contributed by atoms with van der Waals surface area (Å²) >= 11 is 0. The van der Waals surface area contributed by atoms with E-state index in [-0.39, 0.29) is 63.8 Å². The smallest absolute Gasteiger partial charge is 0.484 e. The zero-order chi connectivity index (χ0) is 30.7. The van der Waals surface area contributed by atoms with Gasteiger partial charge in [0.2, 0.25) is 0 Å². The number of carboxylic acids is 1. The van der Waals surface area contributed by atoms with Crippen LogP contribution in [0.4, 0.5) is 27.6 Å². The van der Waals surface area contributed by atoms with Crippen molar-refractivity contribution in [1.29, 1.82) is 0 Å². The van der Waals surface area contributed by atoms with Gasteiger partial charge in [0, 0.05) is 29.9 Å². The fraction of sp³-hybridized carbons (Fsp3) is 0.207. The lowest BCUT2D eigenvalue weighted by Crippen LogP contribution is -2.26. The lowest BCUT2D eigenvalue weighted by atomic mass is 10.1. The van der Waals surface area contributed by atoms with Crippen LogP contribution in [0.2, 0.25) is 0 Å². The Morgan fingerprint density at radius 3 is 2.44 bits per heavy atom. The van der Waals surface area contributed by atoms with Crippen LogP contribution < -0.4 is 19.1 Å². The Kier molecular flexibility index (Phi) is 6.51. The van der Waals surface area contributed by atoms with E-state index in [1.165, 1.54) is 78.7 Å². The second-order valence-corrected chi connectivity index (χ2v) is 9.81. The number of aromatic nitrogens is 2. The lowest BCUT2D eigenvalue weighted by molar-refractivity contribution is -0.286. The van der Waals surface area contributed by atoms with E-state index in [0.29, 0.717) is 0 Å². The van der Waals surface area contributed by atoms with Gasteiger partial charge in [-0.3, -0.25) is 4.79 Å². The molecule has 222 valence electrons. The maximum absolute atomic E-state index is 14.0. The molecule has 1 amide bonds. The Labute approximate surface area is 239 Å². The minimum Gasteiger partial charge on any atom is -0.484 e. The highest BCUT2D eigenvalue weighted by Crippen LogP contribution is 2.44.